The van der Waals surface area contributed by atoms with Crippen molar-refractivity contribution in [2.75, 3.05) is 0 Å². The van der Waals surface area contributed by atoms with Crippen LogP contribution in [0.3, 0.4) is 0 Å². The molecule has 0 bridgehead atoms. The molecule has 0 fully saturated rings. The molecule has 5 heteroatoms. The number of rotatable bonds is 5. The Morgan fingerprint density at radius 3 is 2.38 bits per heavy atom. The van der Waals surface area contributed by atoms with Gasteiger partial charge < -0.3 is 5.11 Å². The molecular weight excluding hydrogens is 208 g/mol. The zero-order valence-corrected chi connectivity index (χ0v) is 8.56. The molecular formula is C11H12N2O3. The highest BCUT2D eigenvalue weighted by atomic mass is 16.4. The van der Waals surface area contributed by atoms with E-state index in [4.69, 9.17) is 5.11 Å². The summed E-state index contributed by atoms with van der Waals surface area (Å²) in [6.07, 6.45) is 0.181. The number of nitrogens with one attached hydrogen (secondary N) is 2. The van der Waals surface area contributed by atoms with E-state index in [0.29, 0.717) is 0 Å². The monoisotopic (exact) mass is 220 g/mol. The number of carbonyl (C=O) groups is 2. The molecule has 0 radical (unpaired) electrons. The molecule has 0 spiro atoms. The summed E-state index contributed by atoms with van der Waals surface area (Å²) in [6.45, 7) is 3.21. The Morgan fingerprint density at radius 1 is 1.19 bits per heavy atom. The van der Waals surface area contributed by atoms with Gasteiger partial charge >= 0.3 is 5.97 Å². The van der Waals surface area contributed by atoms with E-state index in [1.54, 1.807) is 0 Å². The van der Waals surface area contributed by atoms with Gasteiger partial charge in [-0.3, -0.25) is 15.6 Å². The van der Waals surface area contributed by atoms with E-state index in [0.717, 1.165) is 5.56 Å². The van der Waals surface area contributed by atoms with Gasteiger partial charge in [-0.2, -0.15) is 0 Å². The van der Waals surface area contributed by atoms with Crippen LogP contribution in [0.5, 0.6) is 0 Å². The number of carbonyl (C=O) groups excluding carboxylic acids is 1. The van der Waals surface area contributed by atoms with Crippen LogP contribution in [0.1, 0.15) is 5.56 Å². The second-order valence-corrected chi connectivity index (χ2v) is 3.12. The summed E-state index contributed by atoms with van der Waals surface area (Å²) in [4.78, 5) is 21.7. The number of benzene rings is 1. The number of carboxylic acids is 1. The highest BCUT2D eigenvalue weighted by Gasteiger charge is 2.05. The minimum absolute atomic E-state index is 0.181. The molecule has 1 aromatic carbocycles. The SMILES string of the molecule is C=C(NNC(=O)Cc1ccccc1)C(=O)O. The van der Waals surface area contributed by atoms with Crippen LogP contribution in [-0.4, -0.2) is 17.0 Å². The van der Waals surface area contributed by atoms with Crippen molar-refractivity contribution >= 4 is 11.9 Å². The smallest absolute Gasteiger partial charge is 0.353 e. The summed E-state index contributed by atoms with van der Waals surface area (Å²) < 4.78 is 0. The average Bonchev–Trinajstić information content (AvgIpc) is 2.27. The lowest BCUT2D eigenvalue weighted by atomic mass is 10.1. The van der Waals surface area contributed by atoms with Crippen molar-refractivity contribution in [3.05, 3.63) is 48.2 Å². The quantitative estimate of drug-likeness (QED) is 0.497. The van der Waals surface area contributed by atoms with Gasteiger partial charge in [-0.25, -0.2) is 4.79 Å². The molecule has 0 heterocycles. The number of hydrogen-bond acceptors (Lipinski definition) is 3. The van der Waals surface area contributed by atoms with Crippen molar-refractivity contribution in [2.45, 2.75) is 6.42 Å². The molecule has 1 amide bonds. The van der Waals surface area contributed by atoms with Crippen LogP contribution in [0.15, 0.2) is 42.6 Å². The maximum atomic E-state index is 11.3. The van der Waals surface area contributed by atoms with Crippen molar-refractivity contribution in [2.24, 2.45) is 0 Å². The standard InChI is InChI=1S/C11H12N2O3/c1-8(11(15)16)12-13-10(14)7-9-5-3-2-4-6-9/h2-6,12H,1,7H2,(H,13,14)(H,15,16). The summed E-state index contributed by atoms with van der Waals surface area (Å²) in [5.74, 6) is -1.53. The maximum absolute atomic E-state index is 11.3. The Labute approximate surface area is 92.8 Å². The Kier molecular flexibility index (Phi) is 4.08. The van der Waals surface area contributed by atoms with Gasteiger partial charge in [0.2, 0.25) is 5.91 Å². The van der Waals surface area contributed by atoms with Gasteiger partial charge in [0, 0.05) is 0 Å². The van der Waals surface area contributed by atoms with Crippen molar-refractivity contribution < 1.29 is 14.7 Å². The third-order valence-corrected chi connectivity index (χ3v) is 1.82. The summed E-state index contributed by atoms with van der Waals surface area (Å²) in [5, 5.41) is 8.47. The van der Waals surface area contributed by atoms with Crippen molar-refractivity contribution in [1.82, 2.24) is 10.9 Å². The van der Waals surface area contributed by atoms with E-state index in [9.17, 15) is 9.59 Å². The third-order valence-electron chi connectivity index (χ3n) is 1.82. The highest BCUT2D eigenvalue weighted by Crippen LogP contribution is 1.98. The van der Waals surface area contributed by atoms with Gasteiger partial charge in [0.05, 0.1) is 6.42 Å². The first kappa shape index (κ1) is 11.8. The summed E-state index contributed by atoms with van der Waals surface area (Å²) in [7, 11) is 0. The first-order chi connectivity index (χ1) is 7.59. The minimum atomic E-state index is -1.21. The molecule has 1 rings (SSSR count). The van der Waals surface area contributed by atoms with Gasteiger partial charge in [-0.05, 0) is 5.56 Å². The first-order valence-electron chi connectivity index (χ1n) is 4.60. The zero-order chi connectivity index (χ0) is 12.0. The van der Waals surface area contributed by atoms with Crippen molar-refractivity contribution in [3.8, 4) is 0 Å². The number of carboxylic acid groups (broad SMARTS) is 1. The lowest BCUT2D eigenvalue weighted by Crippen LogP contribution is -2.39. The molecule has 0 aliphatic heterocycles. The fourth-order valence-corrected chi connectivity index (χ4v) is 1.02. The fraction of sp³-hybridized carbons (Fsp3) is 0.0909. The molecule has 16 heavy (non-hydrogen) atoms. The Bertz CT molecular complexity index is 401. The van der Waals surface area contributed by atoms with Crippen LogP contribution < -0.4 is 10.9 Å². The predicted molar refractivity (Wildman–Crippen MR) is 58.2 cm³/mol. The van der Waals surface area contributed by atoms with E-state index in [1.165, 1.54) is 0 Å². The molecule has 84 valence electrons. The van der Waals surface area contributed by atoms with Crippen LogP contribution in [-0.2, 0) is 16.0 Å². The van der Waals surface area contributed by atoms with Crippen molar-refractivity contribution in [1.29, 1.82) is 0 Å². The minimum Gasteiger partial charge on any atom is -0.477 e. The highest BCUT2D eigenvalue weighted by molar-refractivity contribution is 5.86. The molecule has 0 saturated carbocycles. The second-order valence-electron chi connectivity index (χ2n) is 3.12. The van der Waals surface area contributed by atoms with Crippen molar-refractivity contribution in [3.63, 3.8) is 0 Å². The van der Waals surface area contributed by atoms with Crippen LogP contribution in [0.2, 0.25) is 0 Å². The van der Waals surface area contributed by atoms with Crippen LogP contribution in [0, 0.1) is 0 Å². The van der Waals surface area contributed by atoms with E-state index in [2.05, 4.69) is 17.4 Å². The molecule has 0 aliphatic rings. The van der Waals surface area contributed by atoms with E-state index in [1.807, 2.05) is 30.3 Å². The zero-order valence-electron chi connectivity index (χ0n) is 8.56. The molecule has 3 N–H and O–H groups in total. The van der Waals surface area contributed by atoms with Crippen LogP contribution >= 0.6 is 0 Å². The average molecular weight is 220 g/mol. The summed E-state index contributed by atoms with van der Waals surface area (Å²) >= 11 is 0. The molecule has 0 aromatic heterocycles. The maximum Gasteiger partial charge on any atom is 0.353 e. The molecule has 0 atom stereocenters. The number of hydrazine groups is 1. The van der Waals surface area contributed by atoms with E-state index >= 15 is 0 Å². The third kappa shape index (κ3) is 3.83. The van der Waals surface area contributed by atoms with E-state index in [-0.39, 0.29) is 18.0 Å². The van der Waals surface area contributed by atoms with E-state index < -0.39 is 5.97 Å². The first-order valence-corrected chi connectivity index (χ1v) is 4.60. The fourth-order valence-electron chi connectivity index (χ4n) is 1.02. The van der Waals surface area contributed by atoms with Crippen LogP contribution in [0.25, 0.3) is 0 Å². The lowest BCUT2D eigenvalue weighted by molar-refractivity contribution is -0.133. The van der Waals surface area contributed by atoms with Crippen LogP contribution in [0.4, 0.5) is 0 Å². The Morgan fingerprint density at radius 2 is 1.81 bits per heavy atom. The van der Waals surface area contributed by atoms with Gasteiger partial charge in [0.15, 0.2) is 0 Å². The second kappa shape index (κ2) is 5.55. The van der Waals surface area contributed by atoms with Gasteiger partial charge in [0.1, 0.15) is 5.70 Å². The molecule has 0 saturated heterocycles. The largest absolute Gasteiger partial charge is 0.477 e. The number of aliphatic carboxylic acids is 1. The number of hydrogen-bond donors (Lipinski definition) is 3. The Hall–Kier alpha value is -2.30. The molecule has 0 aliphatic carbocycles. The van der Waals surface area contributed by atoms with Gasteiger partial charge in [-0.15, -0.1) is 0 Å². The normalized spacial score (nSPS) is 9.25. The summed E-state index contributed by atoms with van der Waals surface area (Å²) in [5.41, 5.74) is 5.02. The topological polar surface area (TPSA) is 78.4 Å². The molecule has 0 unspecified atom stereocenters. The molecule has 5 nitrogen and oxygen atoms in total. The van der Waals surface area contributed by atoms with Gasteiger partial charge in [-0.1, -0.05) is 36.9 Å². The Balaban J connectivity index is 2.37. The summed E-state index contributed by atoms with van der Waals surface area (Å²) in [6, 6.07) is 9.13. The van der Waals surface area contributed by atoms with Gasteiger partial charge in [0.25, 0.3) is 0 Å². The lowest BCUT2D eigenvalue weighted by Gasteiger charge is -2.07. The molecule has 1 aromatic rings. The number of amides is 1. The predicted octanol–water partition coefficient (Wildman–Crippen LogP) is 0.448.